The number of rotatable bonds is 3. The third-order valence-electron chi connectivity index (χ3n) is 4.37. The number of benzene rings is 3. The molecule has 1 heterocycles. The number of anilines is 1. The first kappa shape index (κ1) is 17.2. The van der Waals surface area contributed by atoms with E-state index in [1.165, 1.54) is 0 Å². The molecule has 0 saturated heterocycles. The summed E-state index contributed by atoms with van der Waals surface area (Å²) in [5.41, 5.74) is 4.50. The van der Waals surface area contributed by atoms with Crippen molar-refractivity contribution in [2.75, 3.05) is 5.32 Å². The SMILES string of the molecule is O=C(Nc1ccc2c(c1)B(c1ccc(Cl)cc1)OC2)c1ccc(Cl)cc1. The first-order chi connectivity index (χ1) is 12.6. The van der Waals surface area contributed by atoms with Gasteiger partial charge in [-0.25, -0.2) is 0 Å². The smallest absolute Gasteiger partial charge is 0.362 e. The molecule has 26 heavy (non-hydrogen) atoms. The molecule has 0 saturated carbocycles. The van der Waals surface area contributed by atoms with Crippen molar-refractivity contribution in [2.24, 2.45) is 0 Å². The monoisotopic (exact) mass is 381 g/mol. The van der Waals surface area contributed by atoms with Gasteiger partial charge in [0.05, 0.1) is 6.61 Å². The number of amides is 1. The molecule has 0 atom stereocenters. The summed E-state index contributed by atoms with van der Waals surface area (Å²) in [4.78, 5) is 12.4. The van der Waals surface area contributed by atoms with Gasteiger partial charge in [0.15, 0.2) is 0 Å². The fourth-order valence-corrected chi connectivity index (χ4v) is 3.28. The highest BCUT2D eigenvalue weighted by Gasteiger charge is 2.30. The first-order valence-corrected chi connectivity index (χ1v) is 8.92. The van der Waals surface area contributed by atoms with E-state index in [2.05, 4.69) is 5.32 Å². The van der Waals surface area contributed by atoms with Gasteiger partial charge in [0.2, 0.25) is 0 Å². The van der Waals surface area contributed by atoms with E-state index in [1.807, 2.05) is 42.5 Å². The Hall–Kier alpha value is -2.27. The quantitative estimate of drug-likeness (QED) is 0.699. The number of halogens is 2. The van der Waals surface area contributed by atoms with E-state index in [4.69, 9.17) is 27.9 Å². The summed E-state index contributed by atoms with van der Waals surface area (Å²) in [5, 5.41) is 4.22. The molecule has 1 N–H and O–H groups in total. The average molecular weight is 382 g/mol. The lowest BCUT2D eigenvalue weighted by Gasteiger charge is -2.10. The molecule has 3 aromatic rings. The molecule has 0 aromatic heterocycles. The second kappa shape index (κ2) is 7.16. The largest absolute Gasteiger partial charge is 0.423 e. The van der Waals surface area contributed by atoms with Crippen LogP contribution < -0.4 is 16.2 Å². The zero-order chi connectivity index (χ0) is 18.1. The molecule has 0 aliphatic carbocycles. The van der Waals surface area contributed by atoms with E-state index in [9.17, 15) is 4.79 Å². The van der Waals surface area contributed by atoms with Crippen molar-refractivity contribution in [3.05, 3.63) is 87.9 Å². The molecule has 0 fully saturated rings. The number of carbonyl (C=O) groups is 1. The summed E-state index contributed by atoms with van der Waals surface area (Å²) in [6.45, 7) is 0.392. The lowest BCUT2D eigenvalue weighted by Crippen LogP contribution is -2.41. The molecule has 0 bridgehead atoms. The van der Waals surface area contributed by atoms with E-state index < -0.39 is 0 Å². The summed E-state index contributed by atoms with van der Waals surface area (Å²) in [7, 11) is 0. The Kier molecular flexibility index (Phi) is 4.73. The van der Waals surface area contributed by atoms with Crippen molar-refractivity contribution in [2.45, 2.75) is 6.61 Å². The minimum Gasteiger partial charge on any atom is -0.423 e. The fourth-order valence-electron chi connectivity index (χ4n) is 3.03. The maximum absolute atomic E-state index is 12.4. The fraction of sp³-hybridized carbons (Fsp3) is 0.0500. The van der Waals surface area contributed by atoms with Crippen LogP contribution in [0.2, 0.25) is 10.0 Å². The van der Waals surface area contributed by atoms with Gasteiger partial charge in [0.1, 0.15) is 0 Å². The van der Waals surface area contributed by atoms with Crippen LogP contribution in [0.3, 0.4) is 0 Å². The van der Waals surface area contributed by atoms with E-state index in [0.29, 0.717) is 22.2 Å². The van der Waals surface area contributed by atoms with Crippen molar-refractivity contribution >= 4 is 52.6 Å². The number of carbonyl (C=O) groups excluding carboxylic acids is 1. The molecule has 128 valence electrons. The van der Waals surface area contributed by atoms with Crippen LogP contribution in [0.1, 0.15) is 15.9 Å². The van der Waals surface area contributed by atoms with Crippen LogP contribution >= 0.6 is 23.2 Å². The molecule has 1 amide bonds. The summed E-state index contributed by atoms with van der Waals surface area (Å²) < 4.78 is 5.94. The minimum atomic E-state index is -0.177. The Labute approximate surface area is 162 Å². The molecule has 3 aromatic carbocycles. The minimum absolute atomic E-state index is 0.158. The van der Waals surface area contributed by atoms with Crippen molar-refractivity contribution < 1.29 is 9.45 Å². The van der Waals surface area contributed by atoms with Gasteiger partial charge < -0.3 is 9.97 Å². The number of nitrogens with one attached hydrogen (secondary N) is 1. The van der Waals surface area contributed by atoms with Gasteiger partial charge in [0.25, 0.3) is 5.91 Å². The molecule has 1 aliphatic heterocycles. The zero-order valence-electron chi connectivity index (χ0n) is 13.7. The highest BCUT2D eigenvalue weighted by atomic mass is 35.5. The molecule has 0 radical (unpaired) electrons. The van der Waals surface area contributed by atoms with E-state index >= 15 is 0 Å². The Balaban J connectivity index is 1.58. The van der Waals surface area contributed by atoms with Crippen LogP contribution in [0.25, 0.3) is 0 Å². The molecule has 0 spiro atoms. The van der Waals surface area contributed by atoms with Crippen LogP contribution in [0.4, 0.5) is 5.69 Å². The zero-order valence-corrected chi connectivity index (χ0v) is 15.2. The Morgan fingerprint density at radius 3 is 2.27 bits per heavy atom. The van der Waals surface area contributed by atoms with Crippen LogP contribution in [0.5, 0.6) is 0 Å². The van der Waals surface area contributed by atoms with Gasteiger partial charge in [-0.15, -0.1) is 0 Å². The molecule has 0 unspecified atom stereocenters. The Morgan fingerprint density at radius 2 is 1.58 bits per heavy atom. The van der Waals surface area contributed by atoms with Gasteiger partial charge in [-0.3, -0.25) is 4.79 Å². The molecule has 6 heteroatoms. The average Bonchev–Trinajstić information content (AvgIpc) is 3.06. The van der Waals surface area contributed by atoms with Crippen molar-refractivity contribution in [1.82, 2.24) is 0 Å². The van der Waals surface area contributed by atoms with Crippen LogP contribution in [0.15, 0.2) is 66.7 Å². The van der Waals surface area contributed by atoms with Crippen molar-refractivity contribution in [3.8, 4) is 0 Å². The van der Waals surface area contributed by atoms with Crippen LogP contribution in [0, 0.1) is 0 Å². The van der Waals surface area contributed by atoms with Gasteiger partial charge in [-0.2, -0.15) is 0 Å². The third kappa shape index (κ3) is 3.49. The molecular formula is C20H14BCl2NO2. The van der Waals surface area contributed by atoms with Gasteiger partial charge >= 0.3 is 6.92 Å². The van der Waals surface area contributed by atoms with Gasteiger partial charge in [0, 0.05) is 21.3 Å². The topological polar surface area (TPSA) is 38.3 Å². The van der Waals surface area contributed by atoms with Crippen LogP contribution in [-0.4, -0.2) is 12.8 Å². The van der Waals surface area contributed by atoms with E-state index in [0.717, 1.165) is 22.2 Å². The second-order valence-corrected chi connectivity index (χ2v) is 6.99. The van der Waals surface area contributed by atoms with Crippen molar-refractivity contribution in [3.63, 3.8) is 0 Å². The third-order valence-corrected chi connectivity index (χ3v) is 4.87. The highest BCUT2D eigenvalue weighted by molar-refractivity contribution is 6.81. The summed E-state index contributed by atoms with van der Waals surface area (Å²) in [5.74, 6) is -0.177. The van der Waals surface area contributed by atoms with E-state index in [1.54, 1.807) is 24.3 Å². The summed E-state index contributed by atoms with van der Waals surface area (Å²) in [6, 6.07) is 20.3. The molecule has 1 aliphatic rings. The van der Waals surface area contributed by atoms with Crippen LogP contribution in [-0.2, 0) is 11.3 Å². The maximum Gasteiger partial charge on any atom is 0.362 e. The van der Waals surface area contributed by atoms with E-state index in [-0.39, 0.29) is 12.8 Å². The van der Waals surface area contributed by atoms with Gasteiger partial charge in [-0.05, 0) is 65.0 Å². The number of fused-ring (bicyclic) bond motifs is 1. The second-order valence-electron chi connectivity index (χ2n) is 6.12. The predicted octanol–water partition coefficient (Wildman–Crippen LogP) is 3.88. The molecular weight excluding hydrogens is 368 g/mol. The standard InChI is InChI=1S/C20H14BCl2NO2/c22-16-6-1-13(2-7-16)20(25)24-18-10-3-14-12-26-21(19(14)11-18)15-4-8-17(23)9-5-15/h1-11H,12H2,(H,24,25). The Bertz CT molecular complexity index is 959. The highest BCUT2D eigenvalue weighted by Crippen LogP contribution is 2.18. The Morgan fingerprint density at radius 1 is 0.923 bits per heavy atom. The van der Waals surface area contributed by atoms with Crippen molar-refractivity contribution in [1.29, 1.82) is 0 Å². The first-order valence-electron chi connectivity index (χ1n) is 8.17. The molecule has 3 nitrogen and oxygen atoms in total. The van der Waals surface area contributed by atoms with Gasteiger partial charge in [-0.1, -0.05) is 41.4 Å². The molecule has 4 rings (SSSR count). The summed E-state index contributed by atoms with van der Waals surface area (Å²) >= 11 is 11.8. The maximum atomic E-state index is 12.4. The lowest BCUT2D eigenvalue weighted by atomic mass is 9.56. The normalized spacial score (nSPS) is 12.8. The lowest BCUT2D eigenvalue weighted by molar-refractivity contribution is 0.102. The summed E-state index contributed by atoms with van der Waals surface area (Å²) in [6.07, 6.45) is 0. The predicted molar refractivity (Wildman–Crippen MR) is 107 cm³/mol. The number of hydrogen-bond donors (Lipinski definition) is 1. The number of hydrogen-bond acceptors (Lipinski definition) is 2.